The first-order valence-corrected chi connectivity index (χ1v) is 20.6. The van der Waals surface area contributed by atoms with Crippen LogP contribution < -0.4 is 0 Å². The Morgan fingerprint density at radius 3 is 2.54 bits per heavy atom. The molecule has 2 fully saturated rings. The highest BCUT2D eigenvalue weighted by Crippen LogP contribution is 2.43. The van der Waals surface area contributed by atoms with E-state index in [1.807, 2.05) is 42.7 Å². The number of carbonyl (C=O) groups excluding carboxylic acids is 1. The van der Waals surface area contributed by atoms with Crippen molar-refractivity contribution in [3.63, 3.8) is 0 Å². The molecule has 2 aliphatic heterocycles. The molecule has 9 nitrogen and oxygen atoms in total. The van der Waals surface area contributed by atoms with E-state index in [-0.39, 0.29) is 29.4 Å². The fourth-order valence-corrected chi connectivity index (χ4v) is 8.27. The summed E-state index contributed by atoms with van der Waals surface area (Å²) in [6.07, 6.45) is 9.77. The van der Waals surface area contributed by atoms with Crippen molar-refractivity contribution in [3.8, 4) is 0 Å². The standard InChI is InChI=1S/C35H53BrN4O5Si/c1-23-19-28-27(21-38-40(28)29-14-10-11-18-42-29)30(36)26(23)16-15-25-20-37-32(43-25)31(45-46(8,9)35(5,6)7)24-13-12-17-39(22-24)33(41)44-34(2,3)4/h19-21,24,29,31H,10-18,22H2,1-9H3/t24-,29?,31?/m1/s1. The Balaban J connectivity index is 1.35. The first-order chi connectivity index (χ1) is 21.5. The first kappa shape index (κ1) is 35.1. The number of hydrogen-bond donors (Lipinski definition) is 0. The molecule has 1 aromatic carbocycles. The van der Waals surface area contributed by atoms with Crippen molar-refractivity contribution >= 4 is 41.2 Å². The predicted molar refractivity (Wildman–Crippen MR) is 186 cm³/mol. The second-order valence-electron chi connectivity index (χ2n) is 15.6. The molecule has 4 heterocycles. The molecule has 0 aliphatic carbocycles. The summed E-state index contributed by atoms with van der Waals surface area (Å²) in [5.41, 5.74) is 3.01. The van der Waals surface area contributed by atoms with Crippen LogP contribution in [0.25, 0.3) is 10.9 Å². The summed E-state index contributed by atoms with van der Waals surface area (Å²) in [6.45, 7) is 21.1. The normalized spacial score (nSPS) is 20.7. The zero-order valence-corrected chi connectivity index (χ0v) is 31.8. The lowest BCUT2D eigenvalue weighted by atomic mass is 9.92. The van der Waals surface area contributed by atoms with E-state index in [4.69, 9.17) is 28.4 Å². The van der Waals surface area contributed by atoms with Gasteiger partial charge >= 0.3 is 6.09 Å². The van der Waals surface area contributed by atoms with Crippen LogP contribution in [-0.4, -0.2) is 59.4 Å². The largest absolute Gasteiger partial charge is 0.444 e. The summed E-state index contributed by atoms with van der Waals surface area (Å²) in [5.74, 6) is 1.50. The van der Waals surface area contributed by atoms with Crippen molar-refractivity contribution in [1.82, 2.24) is 19.7 Å². The molecule has 46 heavy (non-hydrogen) atoms. The molecule has 1 amide bonds. The van der Waals surface area contributed by atoms with Gasteiger partial charge in [0.15, 0.2) is 14.5 Å². The van der Waals surface area contributed by atoms with Gasteiger partial charge in [-0.1, -0.05) is 20.8 Å². The highest BCUT2D eigenvalue weighted by Gasteiger charge is 2.44. The Morgan fingerprint density at radius 2 is 1.87 bits per heavy atom. The molecule has 0 radical (unpaired) electrons. The minimum absolute atomic E-state index is 0.00196. The number of aromatic nitrogens is 3. The fraction of sp³-hybridized carbons (Fsp3) is 0.686. The maximum atomic E-state index is 13.0. The Kier molecular flexibility index (Phi) is 10.5. The van der Waals surface area contributed by atoms with Gasteiger partial charge in [0.1, 0.15) is 17.5 Å². The van der Waals surface area contributed by atoms with E-state index >= 15 is 0 Å². The number of amides is 1. The van der Waals surface area contributed by atoms with Crippen molar-refractivity contribution in [2.75, 3.05) is 19.7 Å². The average molecular weight is 718 g/mol. The smallest absolute Gasteiger partial charge is 0.410 e. The fourth-order valence-electron chi connectivity index (χ4n) is 6.18. The molecular formula is C35H53BrN4O5Si. The molecule has 0 bridgehead atoms. The number of benzene rings is 1. The van der Waals surface area contributed by atoms with E-state index in [0.717, 1.165) is 66.3 Å². The number of halogens is 1. The SMILES string of the molecule is Cc1cc2c(cnn2C2CCCCO2)c(Br)c1CCc1cnc(C(O[Si](C)(C)C(C)(C)C)[C@@H]2CCCN(C(=O)OC(C)(C)C)C2)o1. The Morgan fingerprint density at radius 1 is 1.11 bits per heavy atom. The molecule has 0 saturated carbocycles. The van der Waals surface area contributed by atoms with Gasteiger partial charge in [-0.15, -0.1) is 0 Å². The highest BCUT2D eigenvalue weighted by atomic mass is 79.9. The quantitative estimate of drug-likeness (QED) is 0.215. The lowest BCUT2D eigenvalue weighted by Crippen LogP contribution is -2.47. The lowest BCUT2D eigenvalue weighted by molar-refractivity contribution is -0.0366. The number of piperidine rings is 1. The molecule has 254 valence electrons. The lowest BCUT2D eigenvalue weighted by Gasteiger charge is -2.42. The molecule has 2 saturated heterocycles. The topological polar surface area (TPSA) is 91.9 Å². The van der Waals surface area contributed by atoms with Crippen LogP contribution in [0.5, 0.6) is 0 Å². The van der Waals surface area contributed by atoms with Crippen molar-refractivity contribution in [2.45, 2.75) is 129 Å². The zero-order valence-electron chi connectivity index (χ0n) is 29.2. The second-order valence-corrected chi connectivity index (χ2v) is 21.2. The summed E-state index contributed by atoms with van der Waals surface area (Å²) < 4.78 is 28.4. The number of oxazole rings is 1. The molecule has 2 unspecified atom stereocenters. The van der Waals surface area contributed by atoms with Crippen LogP contribution in [0.1, 0.15) is 109 Å². The van der Waals surface area contributed by atoms with Crippen molar-refractivity contribution < 1.29 is 23.1 Å². The first-order valence-electron chi connectivity index (χ1n) is 16.9. The second kappa shape index (κ2) is 13.7. The summed E-state index contributed by atoms with van der Waals surface area (Å²) >= 11 is 3.91. The summed E-state index contributed by atoms with van der Waals surface area (Å²) in [6, 6.07) is 2.23. The van der Waals surface area contributed by atoms with Crippen LogP contribution in [0, 0.1) is 12.8 Å². The van der Waals surface area contributed by atoms with E-state index < -0.39 is 13.9 Å². The number of fused-ring (bicyclic) bond motifs is 1. The monoisotopic (exact) mass is 716 g/mol. The number of carbonyl (C=O) groups is 1. The Bertz CT molecular complexity index is 1520. The number of nitrogens with zero attached hydrogens (tertiary/aromatic N) is 4. The molecule has 2 aromatic heterocycles. The van der Waals surface area contributed by atoms with Crippen LogP contribution in [0.4, 0.5) is 4.79 Å². The molecular weight excluding hydrogens is 664 g/mol. The number of hydrogen-bond acceptors (Lipinski definition) is 7. The van der Waals surface area contributed by atoms with Gasteiger partial charge in [-0.05, 0) is 117 Å². The van der Waals surface area contributed by atoms with Crippen LogP contribution in [-0.2, 0) is 26.7 Å². The Hall–Kier alpha value is -2.21. The maximum Gasteiger partial charge on any atom is 0.410 e. The minimum Gasteiger partial charge on any atom is -0.444 e. The van der Waals surface area contributed by atoms with Gasteiger partial charge < -0.3 is 23.2 Å². The van der Waals surface area contributed by atoms with Crippen molar-refractivity contribution in [2.24, 2.45) is 5.92 Å². The van der Waals surface area contributed by atoms with Gasteiger partial charge in [0.2, 0.25) is 5.89 Å². The number of likely N-dealkylation sites (tertiary alicyclic amines) is 1. The molecule has 0 spiro atoms. The number of rotatable bonds is 8. The van der Waals surface area contributed by atoms with Crippen LogP contribution in [0.15, 0.2) is 27.3 Å². The third kappa shape index (κ3) is 7.90. The zero-order chi connectivity index (χ0) is 33.4. The van der Waals surface area contributed by atoms with E-state index in [2.05, 4.69) is 62.8 Å². The summed E-state index contributed by atoms with van der Waals surface area (Å²) in [4.78, 5) is 19.7. The average Bonchev–Trinajstić information content (AvgIpc) is 3.62. The van der Waals surface area contributed by atoms with Gasteiger partial charge in [-0.2, -0.15) is 5.10 Å². The number of aryl methyl sites for hydroxylation is 2. The molecule has 11 heteroatoms. The summed E-state index contributed by atoms with van der Waals surface area (Å²) in [7, 11) is -2.19. The van der Waals surface area contributed by atoms with E-state index in [0.29, 0.717) is 25.4 Å². The molecule has 0 N–H and O–H groups in total. The van der Waals surface area contributed by atoms with Gasteiger partial charge in [-0.25, -0.2) is 14.5 Å². The van der Waals surface area contributed by atoms with E-state index in [1.54, 1.807) is 0 Å². The molecule has 3 aromatic rings. The van der Waals surface area contributed by atoms with Gasteiger partial charge in [0.05, 0.1) is 17.9 Å². The van der Waals surface area contributed by atoms with Crippen LogP contribution in [0.3, 0.4) is 0 Å². The highest BCUT2D eigenvalue weighted by molar-refractivity contribution is 9.10. The van der Waals surface area contributed by atoms with Crippen LogP contribution >= 0.6 is 15.9 Å². The van der Waals surface area contributed by atoms with Crippen molar-refractivity contribution in [3.05, 3.63) is 45.7 Å². The van der Waals surface area contributed by atoms with E-state index in [1.165, 1.54) is 11.1 Å². The van der Waals surface area contributed by atoms with Crippen LogP contribution in [0.2, 0.25) is 18.1 Å². The number of ether oxygens (including phenoxy) is 2. The molecule has 3 atom stereocenters. The third-order valence-corrected chi connectivity index (χ3v) is 15.2. The van der Waals surface area contributed by atoms with Gasteiger partial charge in [0.25, 0.3) is 0 Å². The van der Waals surface area contributed by atoms with Crippen molar-refractivity contribution in [1.29, 1.82) is 0 Å². The summed E-state index contributed by atoms with van der Waals surface area (Å²) in [5, 5.41) is 5.83. The predicted octanol–water partition coefficient (Wildman–Crippen LogP) is 9.29. The van der Waals surface area contributed by atoms with E-state index in [9.17, 15) is 4.79 Å². The minimum atomic E-state index is -2.19. The Labute approximate surface area is 284 Å². The van der Waals surface area contributed by atoms with Gasteiger partial charge in [0, 0.05) is 41.9 Å². The molecule has 2 aliphatic rings. The molecule has 5 rings (SSSR count). The maximum absolute atomic E-state index is 13.0. The third-order valence-electron chi connectivity index (χ3n) is 9.79. The van der Waals surface area contributed by atoms with Gasteiger partial charge in [-0.3, -0.25) is 0 Å².